The fourth-order valence-electron chi connectivity index (χ4n) is 0.757. The van der Waals surface area contributed by atoms with Gasteiger partial charge in [0.05, 0.1) is 0 Å². The van der Waals surface area contributed by atoms with Crippen LogP contribution in [-0.4, -0.2) is 29.3 Å². The molecular formula is C5ClF5O4. The second kappa shape index (κ2) is 2.94. The van der Waals surface area contributed by atoms with E-state index in [9.17, 15) is 31.5 Å². The minimum Gasteiger partial charge on any atom is -0.399 e. The molecule has 4 nitrogen and oxygen atoms in total. The average molecular weight is 254 g/mol. The van der Waals surface area contributed by atoms with E-state index in [4.69, 9.17) is 0 Å². The van der Waals surface area contributed by atoms with Gasteiger partial charge in [0.25, 0.3) is 0 Å². The van der Waals surface area contributed by atoms with Gasteiger partial charge in [0.2, 0.25) is 0 Å². The molecule has 86 valence electrons. The van der Waals surface area contributed by atoms with Gasteiger partial charge in [-0.3, -0.25) is 0 Å². The minimum absolute atomic E-state index is 2.19. The van der Waals surface area contributed by atoms with Crippen LogP contribution in [0.15, 0.2) is 0 Å². The van der Waals surface area contributed by atoms with Gasteiger partial charge in [0, 0.05) is 0 Å². The molecule has 0 spiro atoms. The molecule has 0 aromatic carbocycles. The van der Waals surface area contributed by atoms with Gasteiger partial charge in [-0.1, -0.05) is 0 Å². The molecule has 0 atom stereocenters. The summed E-state index contributed by atoms with van der Waals surface area (Å²) in [6.45, 7) is 0. The van der Waals surface area contributed by atoms with Gasteiger partial charge >= 0.3 is 29.3 Å². The van der Waals surface area contributed by atoms with Crippen molar-refractivity contribution in [1.29, 1.82) is 0 Å². The van der Waals surface area contributed by atoms with Gasteiger partial charge in [0.15, 0.2) is 0 Å². The van der Waals surface area contributed by atoms with Crippen LogP contribution < -0.4 is 0 Å². The summed E-state index contributed by atoms with van der Waals surface area (Å²) in [6, 6.07) is 0. The zero-order chi connectivity index (χ0) is 12.1. The number of carbonyl (C=O) groups excluding carboxylic acids is 2. The van der Waals surface area contributed by atoms with Gasteiger partial charge in [0.1, 0.15) is 0 Å². The molecule has 0 amide bonds. The molecule has 15 heavy (non-hydrogen) atoms. The Morgan fingerprint density at radius 2 is 1.33 bits per heavy atom. The molecule has 0 radical (unpaired) electrons. The number of halogens is 6. The van der Waals surface area contributed by atoms with Gasteiger partial charge in [-0.2, -0.15) is 22.0 Å². The maximum atomic E-state index is 12.4. The molecular weight excluding hydrogens is 254 g/mol. The molecule has 0 bridgehead atoms. The first kappa shape index (κ1) is 12.0. The van der Waals surface area contributed by atoms with Gasteiger partial charge in [-0.15, -0.1) is 0 Å². The zero-order valence-electron chi connectivity index (χ0n) is 6.40. The van der Waals surface area contributed by atoms with Crippen molar-refractivity contribution in [1.82, 2.24) is 0 Å². The normalized spacial score (nSPS) is 21.2. The van der Waals surface area contributed by atoms with Gasteiger partial charge in [-0.25, -0.2) is 9.59 Å². The van der Waals surface area contributed by atoms with Crippen LogP contribution in [0.3, 0.4) is 0 Å². The van der Waals surface area contributed by atoms with Crippen molar-refractivity contribution in [3.8, 4) is 0 Å². The lowest BCUT2D eigenvalue weighted by atomic mass is 10.3. The van der Waals surface area contributed by atoms with Crippen LogP contribution in [0.1, 0.15) is 0 Å². The Kier molecular flexibility index (Phi) is 2.34. The van der Waals surface area contributed by atoms with Crippen molar-refractivity contribution in [3.05, 3.63) is 0 Å². The third-order valence-corrected chi connectivity index (χ3v) is 1.63. The summed E-state index contributed by atoms with van der Waals surface area (Å²) >= 11 is 4.10. The first-order valence-electron chi connectivity index (χ1n) is 3.11. The van der Waals surface area contributed by atoms with Crippen LogP contribution in [-0.2, 0) is 19.1 Å². The van der Waals surface area contributed by atoms with E-state index in [0.29, 0.717) is 0 Å². The summed E-state index contributed by atoms with van der Waals surface area (Å²) in [6.07, 6.45) is -5.85. The molecule has 1 saturated heterocycles. The Morgan fingerprint density at radius 3 is 1.47 bits per heavy atom. The highest BCUT2D eigenvalue weighted by Gasteiger charge is 2.80. The molecule has 1 aliphatic rings. The van der Waals surface area contributed by atoms with Crippen molar-refractivity contribution < 1.29 is 41.0 Å². The second-order valence-corrected chi connectivity index (χ2v) is 2.87. The molecule has 0 unspecified atom stereocenters. The fraction of sp³-hybridized carbons (Fsp3) is 0.600. The van der Waals surface area contributed by atoms with Crippen molar-refractivity contribution in [2.24, 2.45) is 0 Å². The number of alkyl halides is 6. The largest absolute Gasteiger partial charge is 0.476 e. The molecule has 1 aliphatic heterocycles. The summed E-state index contributed by atoms with van der Waals surface area (Å²) in [5, 5.41) is -5.12. The summed E-state index contributed by atoms with van der Waals surface area (Å²) in [5.74, 6) is -9.13. The summed E-state index contributed by atoms with van der Waals surface area (Å²) < 4.78 is 67.6. The standard InChI is InChI=1S/C5ClF5O4/c6-4(7,8)3(5(9,10)11)14-1(12)2(13)15-3. The smallest absolute Gasteiger partial charge is 0.399 e. The lowest BCUT2D eigenvalue weighted by Crippen LogP contribution is -2.57. The van der Waals surface area contributed by atoms with Crippen LogP contribution in [0.4, 0.5) is 22.0 Å². The van der Waals surface area contributed by atoms with Crippen LogP contribution in [0.5, 0.6) is 0 Å². The Morgan fingerprint density at radius 1 is 1.00 bits per heavy atom. The van der Waals surface area contributed by atoms with E-state index < -0.39 is 29.3 Å². The van der Waals surface area contributed by atoms with E-state index in [1.807, 2.05) is 0 Å². The monoisotopic (exact) mass is 254 g/mol. The maximum Gasteiger partial charge on any atom is 0.476 e. The number of hydrogen-bond acceptors (Lipinski definition) is 4. The molecule has 1 fully saturated rings. The molecule has 0 aromatic rings. The Bertz CT molecular complexity index is 286. The number of carbonyl (C=O) groups is 2. The van der Waals surface area contributed by atoms with Crippen LogP contribution in [0.2, 0.25) is 0 Å². The number of esters is 2. The average Bonchev–Trinajstić information content (AvgIpc) is 2.26. The van der Waals surface area contributed by atoms with Crippen molar-refractivity contribution >= 4 is 23.5 Å². The van der Waals surface area contributed by atoms with Crippen molar-refractivity contribution in [2.75, 3.05) is 0 Å². The topological polar surface area (TPSA) is 52.6 Å². The Hall–Kier alpha value is -1.12. The molecule has 10 heteroatoms. The lowest BCUT2D eigenvalue weighted by molar-refractivity contribution is -0.379. The van der Waals surface area contributed by atoms with E-state index in [0.717, 1.165) is 0 Å². The SMILES string of the molecule is O=C1OC(C(F)(F)F)(C(F)(F)Cl)OC1=O. The number of cyclic esters (lactones) is 2. The molecule has 1 heterocycles. The van der Waals surface area contributed by atoms with Crippen LogP contribution in [0.25, 0.3) is 0 Å². The first-order chi connectivity index (χ1) is 6.51. The van der Waals surface area contributed by atoms with E-state index >= 15 is 0 Å². The molecule has 0 aliphatic carbocycles. The molecule has 0 saturated carbocycles. The van der Waals surface area contributed by atoms with E-state index in [1.165, 1.54) is 0 Å². The van der Waals surface area contributed by atoms with Gasteiger partial charge < -0.3 is 9.47 Å². The molecule has 0 aromatic heterocycles. The summed E-state index contributed by atoms with van der Waals surface area (Å²) in [4.78, 5) is 20.6. The van der Waals surface area contributed by atoms with E-state index in [2.05, 4.69) is 21.1 Å². The van der Waals surface area contributed by atoms with E-state index in [1.54, 1.807) is 0 Å². The third-order valence-electron chi connectivity index (χ3n) is 1.39. The highest BCUT2D eigenvalue weighted by Crippen LogP contribution is 2.50. The highest BCUT2D eigenvalue weighted by molar-refractivity contribution is 6.32. The van der Waals surface area contributed by atoms with Crippen LogP contribution in [0, 0.1) is 0 Å². The molecule has 1 rings (SSSR count). The van der Waals surface area contributed by atoms with Crippen molar-refractivity contribution in [2.45, 2.75) is 17.3 Å². The Labute approximate surface area is 82.9 Å². The number of ether oxygens (including phenoxy) is 2. The summed E-state index contributed by atoms with van der Waals surface area (Å²) in [5.41, 5.74) is 0. The lowest BCUT2D eigenvalue weighted by Gasteiger charge is -2.30. The quantitative estimate of drug-likeness (QED) is 0.305. The maximum absolute atomic E-state index is 12.4. The molecule has 0 N–H and O–H groups in total. The predicted octanol–water partition coefficient (Wildman–Crippen LogP) is 1.18. The van der Waals surface area contributed by atoms with Gasteiger partial charge in [-0.05, 0) is 11.6 Å². The minimum atomic E-state index is -5.85. The Balaban J connectivity index is 3.24. The first-order valence-corrected chi connectivity index (χ1v) is 3.49. The number of hydrogen-bond donors (Lipinski definition) is 0. The predicted molar refractivity (Wildman–Crippen MR) is 31.8 cm³/mol. The van der Waals surface area contributed by atoms with Crippen LogP contribution >= 0.6 is 11.6 Å². The van der Waals surface area contributed by atoms with Crippen molar-refractivity contribution in [3.63, 3.8) is 0 Å². The van der Waals surface area contributed by atoms with E-state index in [-0.39, 0.29) is 0 Å². The fourth-order valence-corrected chi connectivity index (χ4v) is 0.942. The zero-order valence-corrected chi connectivity index (χ0v) is 7.16. The summed E-state index contributed by atoms with van der Waals surface area (Å²) in [7, 11) is 0. The second-order valence-electron chi connectivity index (χ2n) is 2.39. The number of rotatable bonds is 1. The highest BCUT2D eigenvalue weighted by atomic mass is 35.5. The third kappa shape index (κ3) is 1.60.